The minimum absolute atomic E-state index is 0.138. The lowest BCUT2D eigenvalue weighted by atomic mass is 9.51. The molecule has 154 valence electrons. The van der Waals surface area contributed by atoms with Crippen molar-refractivity contribution in [2.45, 2.75) is 83.7 Å². The Morgan fingerprint density at radius 3 is 2.79 bits per heavy atom. The van der Waals surface area contributed by atoms with E-state index in [4.69, 9.17) is 0 Å². The molecule has 2 saturated carbocycles. The largest absolute Gasteiger partial charge is 0.396 e. The van der Waals surface area contributed by atoms with Crippen LogP contribution < -0.4 is 0 Å². The van der Waals surface area contributed by atoms with Crippen molar-refractivity contribution in [1.29, 1.82) is 0 Å². The molecular formula is C25H36O3. The molecule has 0 heterocycles. The number of carbonyl (C=O) groups excluding carboxylic acids is 1. The van der Waals surface area contributed by atoms with Crippen LogP contribution in [0.4, 0.5) is 0 Å². The molecule has 0 amide bonds. The summed E-state index contributed by atoms with van der Waals surface area (Å²) in [6, 6.07) is 0. The molecule has 0 saturated heterocycles. The van der Waals surface area contributed by atoms with Gasteiger partial charge in [-0.2, -0.15) is 0 Å². The first-order valence-corrected chi connectivity index (χ1v) is 11.3. The third-order valence-corrected chi connectivity index (χ3v) is 8.71. The first kappa shape index (κ1) is 20.1. The van der Waals surface area contributed by atoms with Crippen LogP contribution in [0.25, 0.3) is 0 Å². The maximum absolute atomic E-state index is 11.9. The summed E-state index contributed by atoms with van der Waals surface area (Å²) >= 11 is 0. The Balaban J connectivity index is 1.73. The van der Waals surface area contributed by atoms with Gasteiger partial charge < -0.3 is 10.2 Å². The van der Waals surface area contributed by atoms with E-state index in [0.717, 1.165) is 50.5 Å². The average Bonchev–Trinajstić information content (AvgIpc) is 2.96. The Morgan fingerprint density at radius 2 is 2.07 bits per heavy atom. The lowest BCUT2D eigenvalue weighted by Gasteiger charge is -2.55. The second-order valence-electron chi connectivity index (χ2n) is 9.88. The molecular weight excluding hydrogens is 348 g/mol. The molecule has 4 aliphatic rings. The molecule has 0 aromatic rings. The van der Waals surface area contributed by atoms with Gasteiger partial charge in [0.25, 0.3) is 0 Å². The standard InChI is InChI=1S/C25H36O3/c1-4-17-15-24(3)22(11-12-25(24,28)16(2)6-5-13-26)21-9-7-18-14-19(27)8-10-20(18)23(17)21/h14,17,21-22,26,28H,2,4-13,15H2,1,3H3/t17-,21-,22-,24-,25+/m0/s1. The maximum Gasteiger partial charge on any atom is 0.156 e. The molecule has 0 aromatic heterocycles. The number of allylic oxidation sites excluding steroid dienone is 4. The van der Waals surface area contributed by atoms with Gasteiger partial charge in [0.15, 0.2) is 5.78 Å². The van der Waals surface area contributed by atoms with Gasteiger partial charge in [-0.05, 0) is 98.3 Å². The second-order valence-corrected chi connectivity index (χ2v) is 9.88. The van der Waals surface area contributed by atoms with Crippen LogP contribution in [0.2, 0.25) is 0 Å². The van der Waals surface area contributed by atoms with Crippen LogP contribution in [0.15, 0.2) is 34.9 Å². The first-order valence-electron chi connectivity index (χ1n) is 11.3. The molecule has 0 aromatic carbocycles. The molecule has 0 spiro atoms. The molecule has 0 radical (unpaired) electrons. The minimum Gasteiger partial charge on any atom is -0.396 e. The fourth-order valence-electron chi connectivity index (χ4n) is 7.28. The fourth-order valence-corrected chi connectivity index (χ4v) is 7.28. The Labute approximate surface area is 169 Å². The Morgan fingerprint density at radius 1 is 1.29 bits per heavy atom. The molecule has 5 atom stereocenters. The fraction of sp³-hybridized carbons (Fsp3) is 0.720. The van der Waals surface area contributed by atoms with Gasteiger partial charge in [-0.15, -0.1) is 0 Å². The van der Waals surface area contributed by atoms with Gasteiger partial charge in [0.1, 0.15) is 0 Å². The predicted molar refractivity (Wildman–Crippen MR) is 112 cm³/mol. The zero-order valence-corrected chi connectivity index (χ0v) is 17.6. The Kier molecular flexibility index (Phi) is 5.20. The number of carbonyl (C=O) groups is 1. The van der Waals surface area contributed by atoms with Crippen LogP contribution in [0.3, 0.4) is 0 Å². The van der Waals surface area contributed by atoms with E-state index in [2.05, 4.69) is 20.4 Å². The summed E-state index contributed by atoms with van der Waals surface area (Å²) in [5.74, 6) is 1.83. The predicted octanol–water partition coefficient (Wildman–Crippen LogP) is 4.89. The molecule has 0 bridgehead atoms. The highest BCUT2D eigenvalue weighted by Crippen LogP contribution is 2.66. The number of hydrogen-bond acceptors (Lipinski definition) is 3. The highest BCUT2D eigenvalue weighted by atomic mass is 16.3. The average molecular weight is 385 g/mol. The summed E-state index contributed by atoms with van der Waals surface area (Å²) in [5, 5.41) is 21.1. The quantitative estimate of drug-likeness (QED) is 0.664. The van der Waals surface area contributed by atoms with E-state index in [9.17, 15) is 15.0 Å². The Bertz CT molecular complexity index is 745. The molecule has 3 heteroatoms. The van der Waals surface area contributed by atoms with Crippen LogP contribution in [-0.2, 0) is 4.79 Å². The van der Waals surface area contributed by atoms with Gasteiger partial charge >= 0.3 is 0 Å². The molecule has 3 nitrogen and oxygen atoms in total. The van der Waals surface area contributed by atoms with Gasteiger partial charge in [-0.25, -0.2) is 0 Å². The minimum atomic E-state index is -0.810. The number of aliphatic hydroxyl groups is 2. The van der Waals surface area contributed by atoms with Crippen LogP contribution in [-0.4, -0.2) is 28.2 Å². The van der Waals surface area contributed by atoms with Gasteiger partial charge in [-0.1, -0.05) is 26.0 Å². The summed E-state index contributed by atoms with van der Waals surface area (Å²) in [7, 11) is 0. The molecule has 4 aliphatic carbocycles. The zero-order valence-electron chi connectivity index (χ0n) is 17.6. The van der Waals surface area contributed by atoms with E-state index in [-0.39, 0.29) is 12.0 Å². The summed E-state index contributed by atoms with van der Waals surface area (Å²) in [6.45, 7) is 9.04. The third kappa shape index (κ3) is 2.81. The summed E-state index contributed by atoms with van der Waals surface area (Å²) in [6.07, 6.45) is 11.0. The van der Waals surface area contributed by atoms with Crippen molar-refractivity contribution in [3.8, 4) is 0 Å². The van der Waals surface area contributed by atoms with Crippen molar-refractivity contribution >= 4 is 5.78 Å². The molecule has 0 unspecified atom stereocenters. The summed E-state index contributed by atoms with van der Waals surface area (Å²) in [4.78, 5) is 11.9. The van der Waals surface area contributed by atoms with Crippen molar-refractivity contribution < 1.29 is 15.0 Å². The van der Waals surface area contributed by atoms with Crippen LogP contribution in [0.1, 0.15) is 78.1 Å². The molecule has 2 fully saturated rings. The van der Waals surface area contributed by atoms with Gasteiger partial charge in [0, 0.05) is 18.4 Å². The van der Waals surface area contributed by atoms with E-state index in [1.807, 2.05) is 6.08 Å². The van der Waals surface area contributed by atoms with Crippen molar-refractivity contribution in [2.24, 2.45) is 23.2 Å². The molecule has 28 heavy (non-hydrogen) atoms. The number of aliphatic hydroxyl groups excluding tert-OH is 1. The maximum atomic E-state index is 11.9. The van der Waals surface area contributed by atoms with Crippen LogP contribution in [0, 0.1) is 23.2 Å². The summed E-state index contributed by atoms with van der Waals surface area (Å²) in [5.41, 5.74) is 4.43. The second kappa shape index (κ2) is 7.25. The molecule has 0 aliphatic heterocycles. The number of ketones is 1. The smallest absolute Gasteiger partial charge is 0.156 e. The highest BCUT2D eigenvalue weighted by molar-refractivity contribution is 5.93. The SMILES string of the molecule is C=C(CCCO)[C@]1(O)CC[C@H]2[C@@H]3CCC4=CC(=O)CCC4=C3[C@@H](CC)C[C@@]21C. The molecule has 2 N–H and O–H groups in total. The first-order chi connectivity index (χ1) is 13.4. The number of fused-ring (bicyclic) bond motifs is 4. The number of hydrogen-bond donors (Lipinski definition) is 2. The van der Waals surface area contributed by atoms with Crippen molar-refractivity contribution in [2.75, 3.05) is 6.61 Å². The van der Waals surface area contributed by atoms with Crippen molar-refractivity contribution in [1.82, 2.24) is 0 Å². The van der Waals surface area contributed by atoms with Crippen LogP contribution >= 0.6 is 0 Å². The van der Waals surface area contributed by atoms with Crippen molar-refractivity contribution in [3.63, 3.8) is 0 Å². The van der Waals surface area contributed by atoms with E-state index >= 15 is 0 Å². The lowest BCUT2D eigenvalue weighted by molar-refractivity contribution is -0.114. The van der Waals surface area contributed by atoms with Gasteiger partial charge in [-0.3, -0.25) is 4.79 Å². The lowest BCUT2D eigenvalue weighted by Crippen LogP contribution is -2.52. The van der Waals surface area contributed by atoms with E-state index in [1.54, 1.807) is 5.57 Å². The summed E-state index contributed by atoms with van der Waals surface area (Å²) < 4.78 is 0. The zero-order chi connectivity index (χ0) is 20.1. The number of rotatable bonds is 5. The normalized spacial score (nSPS) is 39.9. The monoisotopic (exact) mass is 384 g/mol. The Hall–Kier alpha value is -1.19. The van der Waals surface area contributed by atoms with Gasteiger partial charge in [0.2, 0.25) is 0 Å². The molecule has 4 rings (SSSR count). The van der Waals surface area contributed by atoms with E-state index < -0.39 is 5.60 Å². The van der Waals surface area contributed by atoms with Gasteiger partial charge in [0.05, 0.1) is 5.60 Å². The van der Waals surface area contributed by atoms with E-state index in [0.29, 0.717) is 42.8 Å². The van der Waals surface area contributed by atoms with Crippen LogP contribution in [0.5, 0.6) is 0 Å². The third-order valence-electron chi connectivity index (χ3n) is 8.71. The topological polar surface area (TPSA) is 57.5 Å². The van der Waals surface area contributed by atoms with E-state index in [1.165, 1.54) is 11.1 Å². The highest BCUT2D eigenvalue weighted by Gasteiger charge is 2.63. The van der Waals surface area contributed by atoms with Crippen molar-refractivity contribution in [3.05, 3.63) is 34.9 Å².